The molecule has 2 radical (unpaired) electrons. The minimum atomic E-state index is -0.418. The van der Waals surface area contributed by atoms with E-state index in [-0.39, 0.29) is 6.09 Å². The fraction of sp³-hybridized carbons (Fsp3) is 0.900. The molecule has 3 rings (SSSR count). The number of likely N-dealkylation sites (tertiary alicyclic amines) is 2. The van der Waals surface area contributed by atoms with Crippen molar-refractivity contribution in [3.8, 4) is 0 Å². The van der Waals surface area contributed by atoms with Crippen molar-refractivity contribution in [3.63, 3.8) is 0 Å². The zero-order valence-electron chi connectivity index (χ0n) is 17.0. The Morgan fingerprint density at radius 3 is 2.42 bits per heavy atom. The van der Waals surface area contributed by atoms with E-state index in [2.05, 4.69) is 28.4 Å². The summed E-state index contributed by atoms with van der Waals surface area (Å²) in [5.41, 5.74) is -0.418. The number of carbonyl (C=O) groups is 1. The molecule has 0 aliphatic carbocycles. The molecule has 6 heteroatoms. The van der Waals surface area contributed by atoms with Gasteiger partial charge in [0.05, 0.1) is 0 Å². The van der Waals surface area contributed by atoms with Crippen LogP contribution in [0.1, 0.15) is 52.9 Å². The van der Waals surface area contributed by atoms with Gasteiger partial charge in [-0.25, -0.2) is 4.79 Å². The molecule has 1 unspecified atom stereocenters. The monoisotopic (exact) mass is 364 g/mol. The van der Waals surface area contributed by atoms with Crippen molar-refractivity contribution >= 4 is 6.09 Å². The topological polar surface area (TPSA) is 39.3 Å². The van der Waals surface area contributed by atoms with Gasteiger partial charge >= 0.3 is 6.09 Å². The molecule has 3 fully saturated rings. The predicted octanol–water partition coefficient (Wildman–Crippen LogP) is 2.48. The van der Waals surface area contributed by atoms with Crippen LogP contribution in [0.2, 0.25) is 0 Å². The second-order valence-electron chi connectivity index (χ2n) is 9.04. The van der Waals surface area contributed by atoms with Crippen LogP contribution in [0.5, 0.6) is 0 Å². The maximum Gasteiger partial charge on any atom is 0.410 e. The highest BCUT2D eigenvalue weighted by Crippen LogP contribution is 2.24. The SMILES string of the molecule is CN1CCCC1CCN1[C]N(C2CCN(C(=O)OC(C)(C)C)CC2)CC1. The summed E-state index contributed by atoms with van der Waals surface area (Å²) in [5, 5.41) is 0. The lowest BCUT2D eigenvalue weighted by atomic mass is 10.0. The Morgan fingerprint density at radius 2 is 1.81 bits per heavy atom. The lowest BCUT2D eigenvalue weighted by molar-refractivity contribution is 0.0162. The molecule has 0 saturated carbocycles. The lowest BCUT2D eigenvalue weighted by Crippen LogP contribution is -2.47. The molecular weight excluding hydrogens is 328 g/mol. The van der Waals surface area contributed by atoms with Crippen LogP contribution in [-0.4, -0.2) is 89.7 Å². The molecule has 0 aromatic heterocycles. The first-order valence-electron chi connectivity index (χ1n) is 10.3. The minimum Gasteiger partial charge on any atom is -0.444 e. The third-order valence-electron chi connectivity index (χ3n) is 5.84. The van der Waals surface area contributed by atoms with Crippen molar-refractivity contribution in [3.05, 3.63) is 6.67 Å². The molecule has 3 aliphatic rings. The zero-order valence-corrected chi connectivity index (χ0v) is 17.0. The zero-order chi connectivity index (χ0) is 18.7. The first kappa shape index (κ1) is 19.9. The van der Waals surface area contributed by atoms with E-state index in [0.29, 0.717) is 6.04 Å². The highest BCUT2D eigenvalue weighted by Gasteiger charge is 2.33. The molecule has 0 spiro atoms. The van der Waals surface area contributed by atoms with Gasteiger partial charge in [0.15, 0.2) is 0 Å². The number of amides is 1. The number of rotatable bonds is 4. The van der Waals surface area contributed by atoms with E-state index in [1.807, 2.05) is 25.7 Å². The number of hydrogen-bond donors (Lipinski definition) is 0. The standard InChI is InChI=1S/C20H36N4O2/c1-20(2,3)26-19(25)23-12-8-18(9-13-23)24-15-14-22(16-24)11-7-17-6-5-10-21(17)4/h17-18H,5-15H2,1-4H3. The average Bonchev–Trinajstić information content (AvgIpc) is 3.20. The van der Waals surface area contributed by atoms with Crippen molar-refractivity contribution in [1.82, 2.24) is 19.6 Å². The summed E-state index contributed by atoms with van der Waals surface area (Å²) in [6, 6.07) is 1.26. The third-order valence-corrected chi connectivity index (χ3v) is 5.84. The Kier molecular flexibility index (Phi) is 6.46. The molecule has 26 heavy (non-hydrogen) atoms. The van der Waals surface area contributed by atoms with Crippen LogP contribution in [0.3, 0.4) is 0 Å². The van der Waals surface area contributed by atoms with E-state index in [4.69, 9.17) is 4.74 Å². The van der Waals surface area contributed by atoms with E-state index in [1.54, 1.807) is 0 Å². The smallest absolute Gasteiger partial charge is 0.410 e. The van der Waals surface area contributed by atoms with Gasteiger partial charge in [0.1, 0.15) is 12.3 Å². The minimum absolute atomic E-state index is 0.173. The Bertz CT molecular complexity index is 471. The largest absolute Gasteiger partial charge is 0.444 e. The van der Waals surface area contributed by atoms with Crippen molar-refractivity contribution in [1.29, 1.82) is 0 Å². The van der Waals surface area contributed by atoms with Gasteiger partial charge in [-0.1, -0.05) is 0 Å². The van der Waals surface area contributed by atoms with E-state index >= 15 is 0 Å². The van der Waals surface area contributed by atoms with Crippen molar-refractivity contribution in [2.45, 2.75) is 70.6 Å². The van der Waals surface area contributed by atoms with Crippen LogP contribution in [0.4, 0.5) is 4.79 Å². The fourth-order valence-electron chi connectivity index (χ4n) is 4.27. The molecule has 1 atom stereocenters. The summed E-state index contributed by atoms with van der Waals surface area (Å²) < 4.78 is 5.49. The van der Waals surface area contributed by atoms with Crippen LogP contribution < -0.4 is 0 Å². The van der Waals surface area contributed by atoms with Gasteiger partial charge in [-0.15, -0.1) is 0 Å². The summed E-state index contributed by atoms with van der Waals surface area (Å²) in [7, 11) is 2.25. The average molecular weight is 365 g/mol. The highest BCUT2D eigenvalue weighted by molar-refractivity contribution is 5.68. The Hall–Kier alpha value is -0.850. The van der Waals surface area contributed by atoms with Gasteiger partial charge in [0.25, 0.3) is 0 Å². The number of piperidine rings is 1. The Balaban J connectivity index is 1.37. The van der Waals surface area contributed by atoms with E-state index in [0.717, 1.165) is 51.6 Å². The highest BCUT2D eigenvalue weighted by atomic mass is 16.6. The van der Waals surface area contributed by atoms with Crippen LogP contribution in [-0.2, 0) is 4.74 Å². The van der Waals surface area contributed by atoms with Crippen LogP contribution in [0.15, 0.2) is 0 Å². The van der Waals surface area contributed by atoms with Crippen molar-refractivity contribution in [2.24, 2.45) is 0 Å². The molecule has 148 valence electrons. The van der Waals surface area contributed by atoms with Crippen molar-refractivity contribution in [2.75, 3.05) is 46.3 Å². The molecule has 1 amide bonds. The number of hydrogen-bond acceptors (Lipinski definition) is 5. The maximum atomic E-state index is 12.2. The van der Waals surface area contributed by atoms with Gasteiger partial charge in [0.2, 0.25) is 0 Å². The lowest BCUT2D eigenvalue weighted by Gasteiger charge is -2.36. The molecule has 6 nitrogen and oxygen atoms in total. The molecular formula is C20H36N4O2. The summed E-state index contributed by atoms with van der Waals surface area (Å²) in [6.45, 7) is 15.4. The van der Waals surface area contributed by atoms with Gasteiger partial charge < -0.3 is 14.5 Å². The summed E-state index contributed by atoms with van der Waals surface area (Å²) in [6.07, 6.45) is 5.77. The van der Waals surface area contributed by atoms with Gasteiger partial charge in [-0.2, -0.15) is 0 Å². The van der Waals surface area contributed by atoms with Gasteiger partial charge in [0, 0.05) is 44.8 Å². The molecule has 3 heterocycles. The summed E-state index contributed by atoms with van der Waals surface area (Å²) in [4.78, 5) is 21.3. The molecule has 3 saturated heterocycles. The van der Waals surface area contributed by atoms with Gasteiger partial charge in [-0.05, 0) is 66.5 Å². The first-order chi connectivity index (χ1) is 12.3. The molecule has 0 aromatic rings. The summed E-state index contributed by atoms with van der Waals surface area (Å²) in [5.74, 6) is 0. The van der Waals surface area contributed by atoms with Gasteiger partial charge in [-0.3, -0.25) is 9.80 Å². The van der Waals surface area contributed by atoms with Crippen LogP contribution in [0.25, 0.3) is 0 Å². The molecule has 0 N–H and O–H groups in total. The predicted molar refractivity (Wildman–Crippen MR) is 103 cm³/mol. The Labute approximate surface area is 159 Å². The second-order valence-corrected chi connectivity index (χ2v) is 9.04. The fourth-order valence-corrected chi connectivity index (χ4v) is 4.27. The van der Waals surface area contributed by atoms with Crippen LogP contribution in [0, 0.1) is 6.67 Å². The van der Waals surface area contributed by atoms with E-state index in [1.165, 1.54) is 25.8 Å². The first-order valence-corrected chi connectivity index (χ1v) is 10.3. The van der Waals surface area contributed by atoms with E-state index < -0.39 is 5.60 Å². The molecule has 0 bridgehead atoms. The summed E-state index contributed by atoms with van der Waals surface area (Å²) >= 11 is 0. The quantitative estimate of drug-likeness (QED) is 0.766. The number of carbonyl (C=O) groups excluding carboxylic acids is 1. The normalized spacial score (nSPS) is 27.4. The molecule has 3 aliphatic heterocycles. The van der Waals surface area contributed by atoms with Crippen molar-refractivity contribution < 1.29 is 9.53 Å². The maximum absolute atomic E-state index is 12.2. The number of ether oxygens (including phenoxy) is 1. The third kappa shape index (κ3) is 5.33. The van der Waals surface area contributed by atoms with Crippen LogP contribution >= 0.6 is 0 Å². The second kappa shape index (κ2) is 8.44. The Morgan fingerprint density at radius 1 is 1.08 bits per heavy atom. The molecule has 0 aromatic carbocycles. The number of nitrogens with zero attached hydrogens (tertiary/aromatic N) is 4. The van der Waals surface area contributed by atoms with E-state index in [9.17, 15) is 4.79 Å².